The Morgan fingerprint density at radius 1 is 0.361 bits per heavy atom. The first kappa shape index (κ1) is 21.6. The Morgan fingerprint density at radius 3 is 1.33 bits per heavy atom. The van der Waals surface area contributed by atoms with Crippen molar-refractivity contribution < 1.29 is 0 Å². The van der Waals surface area contributed by atoms with Gasteiger partial charge in [-0.25, -0.2) is 9.97 Å². The van der Waals surface area contributed by atoms with E-state index in [2.05, 4.69) is 108 Å². The number of aromatic nitrogens is 3. The SMILES string of the molecule is c1ccc(-c2nc(-c3ccc(-c4cccnc4)cc3)nc(-c3ccccc3)c2-c2ccccc2)cc1. The molecule has 0 atom stereocenters. The van der Waals surface area contributed by atoms with Gasteiger partial charge in [-0.05, 0) is 22.8 Å². The van der Waals surface area contributed by atoms with Gasteiger partial charge in [-0.3, -0.25) is 4.98 Å². The lowest BCUT2D eigenvalue weighted by molar-refractivity contribution is 1.18. The Hall–Kier alpha value is -4.89. The largest absolute Gasteiger partial charge is 0.264 e. The molecule has 0 amide bonds. The van der Waals surface area contributed by atoms with Gasteiger partial charge in [0.2, 0.25) is 0 Å². The lowest BCUT2D eigenvalue weighted by Gasteiger charge is -2.17. The van der Waals surface area contributed by atoms with Crippen LogP contribution in [0.15, 0.2) is 140 Å². The average Bonchev–Trinajstić information content (AvgIpc) is 2.98. The van der Waals surface area contributed by atoms with Crippen LogP contribution in [0, 0.1) is 0 Å². The minimum absolute atomic E-state index is 0.699. The third kappa shape index (κ3) is 4.30. The molecule has 0 saturated heterocycles. The van der Waals surface area contributed by atoms with E-state index in [1.165, 1.54) is 0 Å². The van der Waals surface area contributed by atoms with E-state index in [0.717, 1.165) is 50.3 Å². The summed E-state index contributed by atoms with van der Waals surface area (Å²) in [6, 6.07) is 43.5. The highest BCUT2D eigenvalue weighted by Crippen LogP contribution is 2.39. The quantitative estimate of drug-likeness (QED) is 0.260. The van der Waals surface area contributed by atoms with Gasteiger partial charge in [-0.2, -0.15) is 0 Å². The van der Waals surface area contributed by atoms with E-state index < -0.39 is 0 Å². The molecule has 36 heavy (non-hydrogen) atoms. The lowest BCUT2D eigenvalue weighted by Crippen LogP contribution is -2.00. The number of benzene rings is 4. The van der Waals surface area contributed by atoms with Gasteiger partial charge in [-0.15, -0.1) is 0 Å². The zero-order valence-corrected chi connectivity index (χ0v) is 19.6. The fourth-order valence-electron chi connectivity index (χ4n) is 4.42. The molecule has 3 heteroatoms. The Morgan fingerprint density at radius 2 is 0.833 bits per heavy atom. The minimum atomic E-state index is 0.699. The highest BCUT2D eigenvalue weighted by Gasteiger charge is 2.19. The van der Waals surface area contributed by atoms with Gasteiger partial charge in [-0.1, -0.05) is 121 Å². The molecule has 0 aliphatic heterocycles. The van der Waals surface area contributed by atoms with Crippen LogP contribution < -0.4 is 0 Å². The second kappa shape index (κ2) is 9.77. The van der Waals surface area contributed by atoms with Gasteiger partial charge in [0.25, 0.3) is 0 Å². The summed E-state index contributed by atoms with van der Waals surface area (Å²) in [5.74, 6) is 0.699. The van der Waals surface area contributed by atoms with Crippen molar-refractivity contribution in [3.8, 4) is 56.2 Å². The first-order valence-electron chi connectivity index (χ1n) is 12.0. The molecule has 0 aliphatic carbocycles. The molecule has 0 spiro atoms. The van der Waals surface area contributed by atoms with Crippen molar-refractivity contribution in [2.45, 2.75) is 0 Å². The monoisotopic (exact) mass is 461 g/mol. The number of hydrogen-bond acceptors (Lipinski definition) is 3. The topological polar surface area (TPSA) is 38.7 Å². The summed E-state index contributed by atoms with van der Waals surface area (Å²) in [5, 5.41) is 0. The Bertz CT molecular complexity index is 1520. The van der Waals surface area contributed by atoms with Crippen LogP contribution in [0.2, 0.25) is 0 Å². The molecule has 6 aromatic rings. The molecule has 170 valence electrons. The summed E-state index contributed by atoms with van der Waals surface area (Å²) in [6.07, 6.45) is 3.66. The van der Waals surface area contributed by atoms with Crippen LogP contribution in [0.1, 0.15) is 0 Å². The van der Waals surface area contributed by atoms with Gasteiger partial charge < -0.3 is 0 Å². The number of pyridine rings is 1. The Labute approximate surface area is 210 Å². The molecule has 0 N–H and O–H groups in total. The molecular weight excluding hydrogens is 438 g/mol. The van der Waals surface area contributed by atoms with Crippen molar-refractivity contribution in [1.29, 1.82) is 0 Å². The summed E-state index contributed by atoms with van der Waals surface area (Å²) in [7, 11) is 0. The van der Waals surface area contributed by atoms with Crippen LogP contribution >= 0.6 is 0 Å². The molecule has 0 unspecified atom stereocenters. The average molecular weight is 462 g/mol. The predicted octanol–water partition coefficient (Wildman–Crippen LogP) is 8.21. The zero-order chi connectivity index (χ0) is 24.2. The first-order chi connectivity index (χ1) is 17.9. The fraction of sp³-hybridized carbons (Fsp3) is 0. The van der Waals surface area contributed by atoms with E-state index in [1.54, 1.807) is 6.20 Å². The highest BCUT2D eigenvalue weighted by molar-refractivity contribution is 5.92. The maximum Gasteiger partial charge on any atom is 0.160 e. The standard InChI is InChI=1S/C33H23N3/c1-4-11-25(12-5-1)30-31(26-13-6-2-7-14-26)35-33(36-32(30)27-15-8-3-9-16-27)28-20-18-24(19-21-28)29-17-10-22-34-23-29/h1-23H. The summed E-state index contributed by atoms with van der Waals surface area (Å²) in [6.45, 7) is 0. The van der Waals surface area contributed by atoms with E-state index in [0.29, 0.717) is 5.82 Å². The lowest BCUT2D eigenvalue weighted by atomic mass is 9.94. The maximum atomic E-state index is 5.15. The predicted molar refractivity (Wildman–Crippen MR) is 147 cm³/mol. The number of nitrogens with zero attached hydrogens (tertiary/aromatic N) is 3. The van der Waals surface area contributed by atoms with Crippen LogP contribution in [0.5, 0.6) is 0 Å². The minimum Gasteiger partial charge on any atom is -0.264 e. The molecule has 4 aromatic carbocycles. The smallest absolute Gasteiger partial charge is 0.160 e. The Balaban J connectivity index is 1.58. The van der Waals surface area contributed by atoms with Crippen LogP contribution in [-0.2, 0) is 0 Å². The normalized spacial score (nSPS) is 10.8. The third-order valence-corrected chi connectivity index (χ3v) is 6.20. The van der Waals surface area contributed by atoms with Gasteiger partial charge >= 0.3 is 0 Å². The molecule has 2 aromatic heterocycles. The third-order valence-electron chi connectivity index (χ3n) is 6.20. The van der Waals surface area contributed by atoms with E-state index in [9.17, 15) is 0 Å². The summed E-state index contributed by atoms with van der Waals surface area (Å²) in [5.41, 5.74) is 9.24. The second-order valence-corrected chi connectivity index (χ2v) is 8.54. The number of rotatable bonds is 5. The summed E-state index contributed by atoms with van der Waals surface area (Å²) >= 11 is 0. The molecular formula is C33H23N3. The van der Waals surface area contributed by atoms with Crippen LogP contribution in [-0.4, -0.2) is 15.0 Å². The molecule has 0 saturated carbocycles. The molecule has 0 fully saturated rings. The maximum absolute atomic E-state index is 5.15. The summed E-state index contributed by atoms with van der Waals surface area (Å²) in [4.78, 5) is 14.6. The molecule has 2 heterocycles. The van der Waals surface area contributed by atoms with Crippen molar-refractivity contribution in [3.63, 3.8) is 0 Å². The summed E-state index contributed by atoms with van der Waals surface area (Å²) < 4.78 is 0. The Kier molecular flexibility index (Phi) is 5.87. The van der Waals surface area contributed by atoms with Crippen LogP contribution in [0.25, 0.3) is 56.2 Å². The fourth-order valence-corrected chi connectivity index (χ4v) is 4.42. The zero-order valence-electron chi connectivity index (χ0n) is 19.6. The van der Waals surface area contributed by atoms with E-state index in [4.69, 9.17) is 9.97 Å². The van der Waals surface area contributed by atoms with E-state index >= 15 is 0 Å². The first-order valence-corrected chi connectivity index (χ1v) is 12.0. The van der Waals surface area contributed by atoms with E-state index in [-0.39, 0.29) is 0 Å². The van der Waals surface area contributed by atoms with Crippen LogP contribution in [0.4, 0.5) is 0 Å². The molecule has 3 nitrogen and oxygen atoms in total. The highest BCUT2D eigenvalue weighted by atomic mass is 14.9. The van der Waals surface area contributed by atoms with Crippen molar-refractivity contribution in [2.75, 3.05) is 0 Å². The van der Waals surface area contributed by atoms with Crippen molar-refractivity contribution in [2.24, 2.45) is 0 Å². The van der Waals surface area contributed by atoms with Crippen molar-refractivity contribution in [1.82, 2.24) is 15.0 Å². The molecule has 0 bridgehead atoms. The van der Waals surface area contributed by atoms with E-state index in [1.807, 2.05) is 30.5 Å². The number of hydrogen-bond donors (Lipinski definition) is 0. The van der Waals surface area contributed by atoms with Gasteiger partial charge in [0.15, 0.2) is 5.82 Å². The van der Waals surface area contributed by atoms with Crippen molar-refractivity contribution >= 4 is 0 Å². The van der Waals surface area contributed by atoms with Gasteiger partial charge in [0.05, 0.1) is 11.4 Å². The molecule has 0 aliphatic rings. The van der Waals surface area contributed by atoms with Crippen molar-refractivity contribution in [3.05, 3.63) is 140 Å². The molecule has 0 radical (unpaired) electrons. The molecule has 6 rings (SSSR count). The van der Waals surface area contributed by atoms with Crippen LogP contribution in [0.3, 0.4) is 0 Å². The van der Waals surface area contributed by atoms with Gasteiger partial charge in [0, 0.05) is 34.6 Å². The van der Waals surface area contributed by atoms with Gasteiger partial charge in [0.1, 0.15) is 0 Å². The second-order valence-electron chi connectivity index (χ2n) is 8.54.